The van der Waals surface area contributed by atoms with Crippen LogP contribution in [0.4, 0.5) is 11.5 Å². The van der Waals surface area contributed by atoms with Crippen molar-refractivity contribution in [1.82, 2.24) is 9.55 Å². The van der Waals surface area contributed by atoms with Crippen molar-refractivity contribution >= 4 is 11.5 Å². The van der Waals surface area contributed by atoms with Gasteiger partial charge in [0.1, 0.15) is 0 Å². The van der Waals surface area contributed by atoms with Gasteiger partial charge in [0.05, 0.1) is 11.9 Å². The first-order chi connectivity index (χ1) is 10.7. The highest BCUT2D eigenvalue weighted by atomic mass is 16.5. The maximum atomic E-state index is 12.3. The summed E-state index contributed by atoms with van der Waals surface area (Å²) in [6.45, 7) is 2.02. The molecule has 1 aliphatic heterocycles. The van der Waals surface area contributed by atoms with E-state index in [-0.39, 0.29) is 11.7 Å². The van der Waals surface area contributed by atoms with Gasteiger partial charge in [-0.3, -0.25) is 4.57 Å². The van der Waals surface area contributed by atoms with Crippen molar-refractivity contribution in [2.75, 3.05) is 5.32 Å². The van der Waals surface area contributed by atoms with Crippen LogP contribution in [0.3, 0.4) is 0 Å². The number of nitrogens with zero attached hydrogens (tertiary/aromatic N) is 2. The fraction of sp³-hybridized carbons (Fsp3) is 0.412. The maximum Gasteiger partial charge on any atom is 0.350 e. The molecule has 1 fully saturated rings. The zero-order valence-electron chi connectivity index (χ0n) is 12.6. The van der Waals surface area contributed by atoms with Crippen LogP contribution in [0.15, 0.2) is 29.2 Å². The molecule has 22 heavy (non-hydrogen) atoms. The molecular weight excluding hydrogens is 278 g/mol. The third kappa shape index (κ3) is 2.26. The van der Waals surface area contributed by atoms with Crippen molar-refractivity contribution in [1.29, 1.82) is 0 Å². The van der Waals surface area contributed by atoms with Gasteiger partial charge in [-0.1, -0.05) is 25.3 Å². The zero-order valence-corrected chi connectivity index (χ0v) is 12.6. The van der Waals surface area contributed by atoms with Gasteiger partial charge in [-0.2, -0.15) is 4.98 Å². The number of benzene rings is 1. The second-order valence-electron chi connectivity index (χ2n) is 6.16. The van der Waals surface area contributed by atoms with Crippen molar-refractivity contribution in [3.63, 3.8) is 0 Å². The summed E-state index contributed by atoms with van der Waals surface area (Å²) < 4.78 is 7.68. The van der Waals surface area contributed by atoms with Gasteiger partial charge >= 0.3 is 5.69 Å². The predicted octanol–water partition coefficient (Wildman–Crippen LogP) is 3.91. The van der Waals surface area contributed by atoms with Gasteiger partial charge in [0.15, 0.2) is 17.3 Å². The molecule has 0 unspecified atom stereocenters. The molecule has 2 aromatic rings. The second-order valence-corrected chi connectivity index (χ2v) is 6.16. The van der Waals surface area contributed by atoms with Gasteiger partial charge < -0.3 is 10.1 Å². The average Bonchev–Trinajstić information content (AvgIpc) is 2.53. The Morgan fingerprint density at radius 1 is 1.23 bits per heavy atom. The van der Waals surface area contributed by atoms with Gasteiger partial charge in [-0.05, 0) is 37.5 Å². The van der Waals surface area contributed by atoms with Crippen molar-refractivity contribution in [3.05, 3.63) is 40.4 Å². The summed E-state index contributed by atoms with van der Waals surface area (Å²) in [7, 11) is 0. The molecule has 2 heterocycles. The second kappa shape index (κ2) is 5.16. The van der Waals surface area contributed by atoms with Gasteiger partial charge in [-0.15, -0.1) is 0 Å². The molecule has 0 spiro atoms. The minimum Gasteiger partial charge on any atom is -0.450 e. The van der Waals surface area contributed by atoms with Crippen LogP contribution in [0.1, 0.15) is 43.7 Å². The largest absolute Gasteiger partial charge is 0.450 e. The van der Waals surface area contributed by atoms with Crippen LogP contribution in [-0.2, 0) is 0 Å². The van der Waals surface area contributed by atoms with Gasteiger partial charge in [0.2, 0.25) is 0 Å². The van der Waals surface area contributed by atoms with Crippen molar-refractivity contribution in [2.24, 2.45) is 0 Å². The number of ether oxygens (including phenoxy) is 1. The Bertz CT molecular complexity index is 776. The quantitative estimate of drug-likeness (QED) is 0.740. The molecule has 0 saturated heterocycles. The minimum atomic E-state index is -0.196. The highest BCUT2D eigenvalue weighted by Crippen LogP contribution is 2.41. The van der Waals surface area contributed by atoms with E-state index in [0.717, 1.165) is 29.8 Å². The van der Waals surface area contributed by atoms with Crippen molar-refractivity contribution < 1.29 is 4.74 Å². The van der Waals surface area contributed by atoms with E-state index in [9.17, 15) is 4.79 Å². The standard InChI is InChI=1S/C17H19N3O2/c1-11-7-8-14-13(9-11)18-16-15(22-14)10-20(17(21)19-16)12-5-3-2-4-6-12/h7-10,12H,2-6H2,1H3,(H,18,19,21). The van der Waals surface area contributed by atoms with E-state index in [1.165, 1.54) is 19.3 Å². The van der Waals surface area contributed by atoms with Crippen LogP contribution in [0.2, 0.25) is 0 Å². The Balaban J connectivity index is 1.72. The number of anilines is 2. The molecule has 0 radical (unpaired) electrons. The Kier molecular flexibility index (Phi) is 3.13. The van der Waals surface area contributed by atoms with Gasteiger partial charge in [0, 0.05) is 6.04 Å². The van der Waals surface area contributed by atoms with E-state index in [0.29, 0.717) is 11.6 Å². The number of hydrogen-bond donors (Lipinski definition) is 1. The summed E-state index contributed by atoms with van der Waals surface area (Å²) in [5.41, 5.74) is 1.79. The summed E-state index contributed by atoms with van der Waals surface area (Å²) in [6, 6.07) is 6.20. The van der Waals surface area contributed by atoms with Crippen LogP contribution in [0, 0.1) is 6.92 Å². The van der Waals surface area contributed by atoms with E-state index in [2.05, 4.69) is 10.3 Å². The SMILES string of the molecule is Cc1ccc2c(c1)Nc1nc(=O)n(C3CCCCC3)cc1O2. The molecule has 4 rings (SSSR count). The Morgan fingerprint density at radius 3 is 2.86 bits per heavy atom. The first-order valence-electron chi connectivity index (χ1n) is 7.89. The average molecular weight is 297 g/mol. The van der Waals surface area contributed by atoms with Gasteiger partial charge in [-0.25, -0.2) is 4.79 Å². The highest BCUT2D eigenvalue weighted by Gasteiger charge is 2.23. The smallest absolute Gasteiger partial charge is 0.350 e. The molecule has 2 aliphatic rings. The summed E-state index contributed by atoms with van der Waals surface area (Å²) >= 11 is 0. The van der Waals surface area contributed by atoms with E-state index in [1.807, 2.05) is 31.3 Å². The molecular formula is C17H19N3O2. The molecule has 114 valence electrons. The number of fused-ring (bicyclic) bond motifs is 2. The molecule has 0 atom stereocenters. The lowest BCUT2D eigenvalue weighted by molar-refractivity contribution is 0.337. The molecule has 5 heteroatoms. The van der Waals surface area contributed by atoms with Crippen molar-refractivity contribution in [2.45, 2.75) is 45.1 Å². The summed E-state index contributed by atoms with van der Waals surface area (Å²) in [4.78, 5) is 16.5. The number of nitrogens with one attached hydrogen (secondary N) is 1. The number of aromatic nitrogens is 2. The van der Waals surface area contributed by atoms with Crippen LogP contribution >= 0.6 is 0 Å². The number of rotatable bonds is 1. The maximum absolute atomic E-state index is 12.3. The Hall–Kier alpha value is -2.30. The van der Waals surface area contributed by atoms with Crippen LogP contribution in [-0.4, -0.2) is 9.55 Å². The Labute approximate surface area is 129 Å². The first-order valence-corrected chi connectivity index (χ1v) is 7.89. The number of aryl methyl sites for hydroxylation is 1. The van der Waals surface area contributed by atoms with E-state index in [4.69, 9.17) is 4.74 Å². The normalized spacial score (nSPS) is 17.1. The monoisotopic (exact) mass is 297 g/mol. The van der Waals surface area contributed by atoms with Crippen LogP contribution in [0.5, 0.6) is 11.5 Å². The molecule has 0 amide bonds. The summed E-state index contributed by atoms with van der Waals surface area (Å²) in [5, 5.41) is 3.20. The number of hydrogen-bond acceptors (Lipinski definition) is 4. The van der Waals surface area contributed by atoms with Crippen LogP contribution in [0.25, 0.3) is 0 Å². The third-order valence-electron chi connectivity index (χ3n) is 4.49. The van der Waals surface area contributed by atoms with E-state index in [1.54, 1.807) is 4.57 Å². The predicted molar refractivity (Wildman–Crippen MR) is 85.2 cm³/mol. The molecule has 1 aromatic carbocycles. The fourth-order valence-electron chi connectivity index (χ4n) is 3.31. The van der Waals surface area contributed by atoms with E-state index >= 15 is 0 Å². The molecule has 1 N–H and O–H groups in total. The summed E-state index contributed by atoms with van der Waals surface area (Å²) in [6.07, 6.45) is 7.52. The molecule has 1 saturated carbocycles. The molecule has 0 bridgehead atoms. The molecule has 1 aromatic heterocycles. The Morgan fingerprint density at radius 2 is 2.05 bits per heavy atom. The first kappa shape index (κ1) is 13.4. The van der Waals surface area contributed by atoms with Crippen LogP contribution < -0.4 is 15.7 Å². The summed E-state index contributed by atoms with van der Waals surface area (Å²) in [5.74, 6) is 1.91. The minimum absolute atomic E-state index is 0.196. The lowest BCUT2D eigenvalue weighted by Gasteiger charge is -2.26. The van der Waals surface area contributed by atoms with Crippen molar-refractivity contribution in [3.8, 4) is 11.5 Å². The lowest BCUT2D eigenvalue weighted by Crippen LogP contribution is -2.29. The lowest BCUT2D eigenvalue weighted by atomic mass is 9.95. The highest BCUT2D eigenvalue weighted by molar-refractivity contribution is 5.72. The molecule has 1 aliphatic carbocycles. The fourth-order valence-corrected chi connectivity index (χ4v) is 3.31. The zero-order chi connectivity index (χ0) is 15.1. The molecule has 5 nitrogen and oxygen atoms in total. The van der Waals surface area contributed by atoms with Gasteiger partial charge in [0.25, 0.3) is 0 Å². The van der Waals surface area contributed by atoms with E-state index < -0.39 is 0 Å². The third-order valence-corrected chi connectivity index (χ3v) is 4.49. The topological polar surface area (TPSA) is 56.2 Å².